The molecule has 0 spiro atoms. The first kappa shape index (κ1) is 11.2. The SMILES string of the molecule is COCCN(CCOC)C(=N)N. The van der Waals surface area contributed by atoms with Crippen molar-refractivity contribution < 1.29 is 9.47 Å². The van der Waals surface area contributed by atoms with Gasteiger partial charge in [0.2, 0.25) is 0 Å². The molecule has 12 heavy (non-hydrogen) atoms. The van der Waals surface area contributed by atoms with Crippen LogP contribution in [0.25, 0.3) is 0 Å². The monoisotopic (exact) mass is 175 g/mol. The maximum absolute atomic E-state index is 7.20. The van der Waals surface area contributed by atoms with E-state index in [-0.39, 0.29) is 5.96 Å². The molecule has 5 heteroatoms. The molecule has 0 fully saturated rings. The summed E-state index contributed by atoms with van der Waals surface area (Å²) in [5, 5.41) is 7.20. The number of nitrogens with zero attached hydrogens (tertiary/aromatic N) is 1. The standard InChI is InChI=1S/C7H17N3O2/c1-11-5-3-10(7(8)9)4-6-12-2/h3-6H2,1-2H3,(H3,8,9). The molecule has 0 aromatic carbocycles. The van der Waals surface area contributed by atoms with Crippen molar-refractivity contribution in [3.63, 3.8) is 0 Å². The van der Waals surface area contributed by atoms with Gasteiger partial charge < -0.3 is 20.1 Å². The van der Waals surface area contributed by atoms with Gasteiger partial charge in [-0.05, 0) is 0 Å². The maximum atomic E-state index is 7.20. The van der Waals surface area contributed by atoms with Crippen molar-refractivity contribution in [3.05, 3.63) is 0 Å². The lowest BCUT2D eigenvalue weighted by atomic mass is 10.5. The highest BCUT2D eigenvalue weighted by Crippen LogP contribution is 1.86. The van der Waals surface area contributed by atoms with Crippen molar-refractivity contribution in [2.45, 2.75) is 0 Å². The van der Waals surface area contributed by atoms with Crippen LogP contribution in [0.1, 0.15) is 0 Å². The van der Waals surface area contributed by atoms with Crippen molar-refractivity contribution in [1.29, 1.82) is 5.41 Å². The zero-order valence-electron chi connectivity index (χ0n) is 7.67. The summed E-state index contributed by atoms with van der Waals surface area (Å²) in [7, 11) is 3.24. The number of ether oxygens (including phenoxy) is 2. The Balaban J connectivity index is 3.62. The van der Waals surface area contributed by atoms with Crippen LogP contribution in [-0.4, -0.2) is 51.4 Å². The van der Waals surface area contributed by atoms with Crippen LogP contribution in [0.5, 0.6) is 0 Å². The largest absolute Gasteiger partial charge is 0.383 e. The lowest BCUT2D eigenvalue weighted by molar-refractivity contribution is 0.145. The number of nitrogens with one attached hydrogen (secondary N) is 1. The van der Waals surface area contributed by atoms with E-state index in [2.05, 4.69) is 0 Å². The molecule has 72 valence electrons. The number of rotatable bonds is 6. The van der Waals surface area contributed by atoms with Crippen LogP contribution < -0.4 is 5.73 Å². The van der Waals surface area contributed by atoms with Crippen molar-refractivity contribution in [2.75, 3.05) is 40.5 Å². The minimum atomic E-state index is 0.0594. The van der Waals surface area contributed by atoms with Crippen LogP contribution in [0.4, 0.5) is 0 Å². The van der Waals surface area contributed by atoms with Gasteiger partial charge in [-0.25, -0.2) is 0 Å². The molecule has 0 radical (unpaired) electrons. The van der Waals surface area contributed by atoms with Crippen molar-refractivity contribution in [1.82, 2.24) is 4.90 Å². The van der Waals surface area contributed by atoms with E-state index in [1.54, 1.807) is 19.1 Å². The number of hydrogen-bond acceptors (Lipinski definition) is 3. The van der Waals surface area contributed by atoms with Gasteiger partial charge in [0.15, 0.2) is 5.96 Å². The maximum Gasteiger partial charge on any atom is 0.188 e. The summed E-state index contributed by atoms with van der Waals surface area (Å²) < 4.78 is 9.74. The van der Waals surface area contributed by atoms with E-state index in [1.165, 1.54) is 0 Å². The Morgan fingerprint density at radius 1 is 1.25 bits per heavy atom. The summed E-state index contributed by atoms with van der Waals surface area (Å²) in [6.45, 7) is 2.41. The minimum absolute atomic E-state index is 0.0594. The van der Waals surface area contributed by atoms with Crippen LogP contribution in [0, 0.1) is 5.41 Å². The van der Waals surface area contributed by atoms with Crippen molar-refractivity contribution in [2.24, 2.45) is 5.73 Å². The van der Waals surface area contributed by atoms with Crippen LogP contribution in [-0.2, 0) is 9.47 Å². The molecule has 0 amide bonds. The zero-order valence-corrected chi connectivity index (χ0v) is 7.67. The Labute approximate surface area is 72.9 Å². The van der Waals surface area contributed by atoms with Crippen molar-refractivity contribution in [3.8, 4) is 0 Å². The van der Waals surface area contributed by atoms with Gasteiger partial charge in [0.05, 0.1) is 13.2 Å². The second kappa shape index (κ2) is 6.87. The quantitative estimate of drug-likeness (QED) is 0.420. The molecule has 0 rings (SSSR count). The first-order valence-corrected chi connectivity index (χ1v) is 3.79. The Hall–Kier alpha value is -0.810. The topological polar surface area (TPSA) is 71.6 Å². The van der Waals surface area contributed by atoms with Crippen LogP contribution in [0.15, 0.2) is 0 Å². The highest BCUT2D eigenvalue weighted by molar-refractivity contribution is 5.74. The van der Waals surface area contributed by atoms with Crippen LogP contribution in [0.3, 0.4) is 0 Å². The van der Waals surface area contributed by atoms with Gasteiger partial charge in [-0.3, -0.25) is 5.41 Å². The van der Waals surface area contributed by atoms with Gasteiger partial charge in [-0.15, -0.1) is 0 Å². The molecule has 0 bridgehead atoms. The molecular weight excluding hydrogens is 158 g/mol. The van der Waals surface area contributed by atoms with E-state index in [0.717, 1.165) is 0 Å². The summed E-state index contributed by atoms with van der Waals surface area (Å²) in [6.07, 6.45) is 0. The summed E-state index contributed by atoms with van der Waals surface area (Å²) >= 11 is 0. The number of hydrogen-bond donors (Lipinski definition) is 2. The Bertz CT molecular complexity index is 122. The number of guanidine groups is 1. The highest BCUT2D eigenvalue weighted by atomic mass is 16.5. The lowest BCUT2D eigenvalue weighted by Gasteiger charge is -2.21. The third-order valence-electron chi connectivity index (χ3n) is 1.47. The van der Waals surface area contributed by atoms with E-state index in [1.807, 2.05) is 0 Å². The van der Waals surface area contributed by atoms with E-state index in [4.69, 9.17) is 20.6 Å². The fourth-order valence-corrected chi connectivity index (χ4v) is 0.756. The summed E-state index contributed by atoms with van der Waals surface area (Å²) in [5.41, 5.74) is 5.32. The molecule has 3 N–H and O–H groups in total. The number of methoxy groups -OCH3 is 2. The lowest BCUT2D eigenvalue weighted by Crippen LogP contribution is -2.40. The molecule has 0 aromatic heterocycles. The van der Waals surface area contributed by atoms with Crippen LogP contribution >= 0.6 is 0 Å². The predicted octanol–water partition coefficient (Wildman–Crippen LogP) is -0.525. The molecule has 0 unspecified atom stereocenters. The molecular formula is C7H17N3O2. The molecule has 0 saturated carbocycles. The molecule has 5 nitrogen and oxygen atoms in total. The molecule has 0 atom stereocenters. The third-order valence-corrected chi connectivity index (χ3v) is 1.47. The third kappa shape index (κ3) is 4.92. The minimum Gasteiger partial charge on any atom is -0.383 e. The molecule has 0 aliphatic heterocycles. The first-order valence-electron chi connectivity index (χ1n) is 3.79. The van der Waals surface area contributed by atoms with Gasteiger partial charge in [-0.1, -0.05) is 0 Å². The van der Waals surface area contributed by atoms with Crippen LogP contribution in [0.2, 0.25) is 0 Å². The smallest absolute Gasteiger partial charge is 0.188 e. The second-order valence-electron chi connectivity index (χ2n) is 2.36. The highest BCUT2D eigenvalue weighted by Gasteiger charge is 2.04. The summed E-state index contributed by atoms with van der Waals surface area (Å²) in [5.74, 6) is 0.0594. The fraction of sp³-hybridized carbons (Fsp3) is 0.857. The number of nitrogens with two attached hydrogens (primary N) is 1. The molecule has 0 heterocycles. The van der Waals surface area contributed by atoms with Gasteiger partial charge in [-0.2, -0.15) is 0 Å². The summed E-state index contributed by atoms with van der Waals surface area (Å²) in [4.78, 5) is 1.70. The first-order chi connectivity index (χ1) is 5.72. The average Bonchev–Trinajstić information content (AvgIpc) is 2.04. The molecule has 0 aromatic rings. The molecule has 0 aliphatic rings. The van der Waals surface area contributed by atoms with Gasteiger partial charge >= 0.3 is 0 Å². The Kier molecular flexibility index (Phi) is 6.41. The average molecular weight is 175 g/mol. The molecule has 0 saturated heterocycles. The van der Waals surface area contributed by atoms with Gasteiger partial charge in [0.1, 0.15) is 0 Å². The van der Waals surface area contributed by atoms with E-state index in [9.17, 15) is 0 Å². The zero-order chi connectivity index (χ0) is 9.40. The van der Waals surface area contributed by atoms with Crippen molar-refractivity contribution >= 4 is 5.96 Å². The Morgan fingerprint density at radius 2 is 1.67 bits per heavy atom. The predicted molar refractivity (Wildman–Crippen MR) is 47.2 cm³/mol. The van der Waals surface area contributed by atoms with E-state index >= 15 is 0 Å². The Morgan fingerprint density at radius 3 is 1.92 bits per heavy atom. The normalized spacial score (nSPS) is 9.83. The summed E-state index contributed by atoms with van der Waals surface area (Å²) in [6, 6.07) is 0. The fourth-order valence-electron chi connectivity index (χ4n) is 0.756. The van der Waals surface area contributed by atoms with Gasteiger partial charge in [0.25, 0.3) is 0 Å². The van der Waals surface area contributed by atoms with E-state index in [0.29, 0.717) is 26.3 Å². The van der Waals surface area contributed by atoms with E-state index < -0.39 is 0 Å². The van der Waals surface area contributed by atoms with Gasteiger partial charge in [0, 0.05) is 27.3 Å². The molecule has 0 aliphatic carbocycles. The second-order valence-corrected chi connectivity index (χ2v) is 2.36.